The van der Waals surface area contributed by atoms with E-state index in [-0.39, 0.29) is 12.0 Å². The monoisotopic (exact) mass is 330 g/mol. The third-order valence-electron chi connectivity index (χ3n) is 3.89. The zero-order valence-corrected chi connectivity index (χ0v) is 15.0. The van der Waals surface area contributed by atoms with Gasteiger partial charge in [-0.1, -0.05) is 18.2 Å². The number of ether oxygens (including phenoxy) is 1. The highest BCUT2D eigenvalue weighted by molar-refractivity contribution is 5.33. The molecule has 1 aromatic heterocycles. The van der Waals surface area contributed by atoms with Crippen LogP contribution in [0, 0.1) is 6.92 Å². The molecule has 2 N–H and O–H groups in total. The average Bonchev–Trinajstić information content (AvgIpc) is 2.55. The van der Waals surface area contributed by atoms with Gasteiger partial charge in [-0.3, -0.25) is 4.90 Å². The second-order valence-electron chi connectivity index (χ2n) is 6.02. The Kier molecular flexibility index (Phi) is 5.92. The maximum atomic E-state index is 5.85. The number of para-hydroxylation sites is 1. The van der Waals surface area contributed by atoms with E-state index in [9.17, 15) is 0 Å². The summed E-state index contributed by atoms with van der Waals surface area (Å²) in [4.78, 5) is 16.8. The van der Waals surface area contributed by atoms with Crippen LogP contribution >= 0.6 is 0 Å². The molecule has 2 aromatic rings. The van der Waals surface area contributed by atoms with E-state index in [1.807, 2.05) is 64.2 Å². The van der Waals surface area contributed by atoms with Gasteiger partial charge in [-0.25, -0.2) is 0 Å². The van der Waals surface area contributed by atoms with Gasteiger partial charge < -0.3 is 15.4 Å². The molecule has 0 saturated heterocycles. The molecule has 7 heteroatoms. The van der Waals surface area contributed by atoms with E-state index in [0.29, 0.717) is 18.4 Å². The fourth-order valence-corrected chi connectivity index (χ4v) is 2.19. The second kappa shape index (κ2) is 7.92. The first kappa shape index (κ1) is 17.9. The van der Waals surface area contributed by atoms with Gasteiger partial charge in [-0.2, -0.15) is 15.0 Å². The number of aromatic nitrogens is 3. The summed E-state index contributed by atoms with van der Waals surface area (Å²) in [5.74, 6) is 2.37. The van der Waals surface area contributed by atoms with Gasteiger partial charge in [0.15, 0.2) is 5.82 Å². The molecule has 0 saturated carbocycles. The van der Waals surface area contributed by atoms with Crippen LogP contribution in [0.15, 0.2) is 24.3 Å². The molecule has 7 nitrogen and oxygen atoms in total. The second-order valence-corrected chi connectivity index (χ2v) is 6.02. The fraction of sp³-hybridized carbons (Fsp3) is 0.471. The number of benzene rings is 1. The summed E-state index contributed by atoms with van der Waals surface area (Å²) >= 11 is 0. The molecule has 130 valence electrons. The minimum Gasteiger partial charge on any atom is -0.492 e. The van der Waals surface area contributed by atoms with Crippen LogP contribution in [-0.2, 0) is 0 Å². The zero-order valence-electron chi connectivity index (χ0n) is 15.0. The minimum absolute atomic E-state index is 0.00877. The lowest BCUT2D eigenvalue weighted by atomic mass is 10.2. The lowest BCUT2D eigenvalue weighted by molar-refractivity contribution is 0.195. The fourth-order valence-electron chi connectivity index (χ4n) is 2.19. The highest BCUT2D eigenvalue weighted by Gasteiger charge is 2.17. The van der Waals surface area contributed by atoms with E-state index in [2.05, 4.69) is 19.9 Å². The SMILES string of the molecule is Cc1ccccc1OCCN(C)[C@@H](C)c1nc(N)nc(N(C)C)n1. The number of likely N-dealkylation sites (N-methyl/N-ethyl adjacent to an activating group) is 1. The lowest BCUT2D eigenvalue weighted by Crippen LogP contribution is -2.29. The molecule has 0 unspecified atom stereocenters. The van der Waals surface area contributed by atoms with Crippen molar-refractivity contribution in [3.63, 3.8) is 0 Å². The molecule has 0 spiro atoms. The standard InChI is InChI=1S/C17H26N6O/c1-12-8-6-7-9-14(12)24-11-10-23(5)13(2)15-19-16(18)21-17(20-15)22(3)4/h6-9,13H,10-11H2,1-5H3,(H2,18,19,20,21)/t13-/m0/s1. The third kappa shape index (κ3) is 4.55. The summed E-state index contributed by atoms with van der Waals surface area (Å²) < 4.78 is 5.85. The van der Waals surface area contributed by atoms with Gasteiger partial charge in [0, 0.05) is 20.6 Å². The molecule has 0 radical (unpaired) electrons. The molecular weight excluding hydrogens is 304 g/mol. The van der Waals surface area contributed by atoms with E-state index < -0.39 is 0 Å². The summed E-state index contributed by atoms with van der Waals surface area (Å²) in [7, 11) is 5.77. The Morgan fingerprint density at radius 3 is 2.50 bits per heavy atom. The van der Waals surface area contributed by atoms with Crippen LogP contribution in [0.4, 0.5) is 11.9 Å². The van der Waals surface area contributed by atoms with Gasteiger partial charge in [0.05, 0.1) is 6.04 Å². The molecule has 0 amide bonds. The van der Waals surface area contributed by atoms with Gasteiger partial charge in [-0.15, -0.1) is 0 Å². The summed E-state index contributed by atoms with van der Waals surface area (Å²) in [6, 6.07) is 8.01. The Morgan fingerprint density at radius 2 is 1.83 bits per heavy atom. The van der Waals surface area contributed by atoms with Gasteiger partial charge in [0.1, 0.15) is 12.4 Å². The smallest absolute Gasteiger partial charge is 0.229 e. The zero-order chi connectivity index (χ0) is 17.7. The average molecular weight is 330 g/mol. The van der Waals surface area contributed by atoms with Crippen LogP contribution in [0.5, 0.6) is 5.75 Å². The quantitative estimate of drug-likeness (QED) is 0.830. The maximum absolute atomic E-state index is 5.85. The number of nitrogen functional groups attached to an aromatic ring is 1. The summed E-state index contributed by atoms with van der Waals surface area (Å²) in [5, 5.41) is 0. The van der Waals surface area contributed by atoms with Crippen LogP contribution in [0.25, 0.3) is 0 Å². The van der Waals surface area contributed by atoms with Crippen molar-refractivity contribution in [1.82, 2.24) is 19.9 Å². The van der Waals surface area contributed by atoms with Gasteiger partial charge in [0.2, 0.25) is 11.9 Å². The Morgan fingerprint density at radius 1 is 1.12 bits per heavy atom. The Hall–Kier alpha value is -2.41. The Balaban J connectivity index is 1.97. The van der Waals surface area contributed by atoms with Crippen molar-refractivity contribution < 1.29 is 4.74 Å². The van der Waals surface area contributed by atoms with E-state index >= 15 is 0 Å². The van der Waals surface area contributed by atoms with Crippen molar-refractivity contribution in [3.8, 4) is 5.75 Å². The van der Waals surface area contributed by atoms with Crippen molar-refractivity contribution in [2.24, 2.45) is 0 Å². The van der Waals surface area contributed by atoms with Crippen molar-refractivity contribution in [3.05, 3.63) is 35.7 Å². The van der Waals surface area contributed by atoms with Gasteiger partial charge in [-0.05, 0) is 32.5 Å². The maximum Gasteiger partial charge on any atom is 0.229 e. The van der Waals surface area contributed by atoms with Crippen molar-refractivity contribution >= 4 is 11.9 Å². The predicted molar refractivity (Wildman–Crippen MR) is 96.3 cm³/mol. The summed E-state index contributed by atoms with van der Waals surface area (Å²) in [6.07, 6.45) is 0. The van der Waals surface area contributed by atoms with E-state index in [1.165, 1.54) is 0 Å². The number of anilines is 2. The highest BCUT2D eigenvalue weighted by Crippen LogP contribution is 2.19. The first-order chi connectivity index (χ1) is 11.4. The third-order valence-corrected chi connectivity index (χ3v) is 3.89. The van der Waals surface area contributed by atoms with Crippen molar-refractivity contribution in [2.45, 2.75) is 19.9 Å². The molecule has 1 aromatic carbocycles. The number of aryl methyl sites for hydroxylation is 1. The topological polar surface area (TPSA) is 80.4 Å². The predicted octanol–water partition coefficient (Wildman–Crippen LogP) is 1.90. The largest absolute Gasteiger partial charge is 0.492 e. The number of hydrogen-bond acceptors (Lipinski definition) is 7. The van der Waals surface area contributed by atoms with Crippen molar-refractivity contribution in [1.29, 1.82) is 0 Å². The number of nitrogens with zero attached hydrogens (tertiary/aromatic N) is 5. The van der Waals surface area contributed by atoms with E-state index in [1.54, 1.807) is 0 Å². The Labute approximate surface area is 143 Å². The van der Waals surface area contributed by atoms with Gasteiger partial charge >= 0.3 is 0 Å². The van der Waals surface area contributed by atoms with Crippen LogP contribution in [0.1, 0.15) is 24.4 Å². The van der Waals surface area contributed by atoms with E-state index in [0.717, 1.165) is 17.9 Å². The van der Waals surface area contributed by atoms with Crippen molar-refractivity contribution in [2.75, 3.05) is 44.9 Å². The first-order valence-electron chi connectivity index (χ1n) is 7.96. The molecule has 0 aliphatic heterocycles. The molecule has 0 fully saturated rings. The molecule has 0 aliphatic rings. The highest BCUT2D eigenvalue weighted by atomic mass is 16.5. The normalized spacial score (nSPS) is 12.2. The van der Waals surface area contributed by atoms with E-state index in [4.69, 9.17) is 10.5 Å². The number of hydrogen-bond donors (Lipinski definition) is 1. The molecule has 2 rings (SSSR count). The van der Waals surface area contributed by atoms with Crippen LogP contribution in [0.2, 0.25) is 0 Å². The number of nitrogens with two attached hydrogens (primary N) is 1. The first-order valence-corrected chi connectivity index (χ1v) is 7.96. The minimum atomic E-state index is 0.00877. The number of rotatable bonds is 7. The van der Waals surface area contributed by atoms with Crippen LogP contribution in [-0.4, -0.2) is 54.1 Å². The summed E-state index contributed by atoms with van der Waals surface area (Å²) in [6.45, 7) is 5.42. The van der Waals surface area contributed by atoms with Crippen LogP contribution < -0.4 is 15.4 Å². The Bertz CT molecular complexity index is 676. The molecule has 0 aliphatic carbocycles. The molecule has 24 heavy (non-hydrogen) atoms. The molecule has 1 heterocycles. The lowest BCUT2D eigenvalue weighted by Gasteiger charge is -2.24. The molecular formula is C17H26N6O. The molecule has 1 atom stereocenters. The summed E-state index contributed by atoms with van der Waals surface area (Å²) in [5.41, 5.74) is 6.93. The van der Waals surface area contributed by atoms with Gasteiger partial charge in [0.25, 0.3) is 0 Å². The van der Waals surface area contributed by atoms with Crippen LogP contribution in [0.3, 0.4) is 0 Å². The molecule has 0 bridgehead atoms.